The normalized spacial score (nSPS) is 23.7. The van der Waals surface area contributed by atoms with Gasteiger partial charge in [-0.05, 0) is 53.2 Å². The number of aromatic nitrogens is 2. The van der Waals surface area contributed by atoms with E-state index in [2.05, 4.69) is 4.98 Å². The minimum atomic E-state index is -1.47. The van der Waals surface area contributed by atoms with Gasteiger partial charge in [-0.15, -0.1) is 0 Å². The van der Waals surface area contributed by atoms with Crippen molar-refractivity contribution in [1.29, 1.82) is 0 Å². The van der Waals surface area contributed by atoms with Gasteiger partial charge in [-0.25, -0.2) is 4.98 Å². The summed E-state index contributed by atoms with van der Waals surface area (Å²) in [6.07, 6.45) is 0.273. The van der Waals surface area contributed by atoms with Gasteiger partial charge in [0.1, 0.15) is 5.60 Å². The first-order valence-corrected chi connectivity index (χ1v) is 10.2. The fourth-order valence-electron chi connectivity index (χ4n) is 3.82. The summed E-state index contributed by atoms with van der Waals surface area (Å²) in [5.74, 6) is 0.116. The summed E-state index contributed by atoms with van der Waals surface area (Å²) in [4.78, 5) is 17.4. The maximum Gasteiger partial charge on any atom is 0.311 e. The Bertz CT molecular complexity index is 1110. The van der Waals surface area contributed by atoms with E-state index in [4.69, 9.17) is 9.47 Å². The molecular formula is C24H28N2O4. The Kier molecular flexibility index (Phi) is 4.66. The van der Waals surface area contributed by atoms with Gasteiger partial charge in [0.25, 0.3) is 0 Å². The summed E-state index contributed by atoms with van der Waals surface area (Å²) in [7, 11) is 0. The molecule has 0 fully saturated rings. The zero-order chi connectivity index (χ0) is 21.8. The first-order valence-electron chi connectivity index (χ1n) is 10.2. The Morgan fingerprint density at radius 3 is 2.50 bits per heavy atom. The van der Waals surface area contributed by atoms with E-state index in [1.807, 2.05) is 60.8 Å². The van der Waals surface area contributed by atoms with Crippen LogP contribution in [0.25, 0.3) is 5.65 Å². The molecule has 0 bridgehead atoms. The lowest BCUT2D eigenvalue weighted by Crippen LogP contribution is -2.50. The molecule has 1 N–H and O–H groups in total. The van der Waals surface area contributed by atoms with E-state index in [0.29, 0.717) is 17.0 Å². The molecule has 4 rings (SSSR count). The van der Waals surface area contributed by atoms with Crippen LogP contribution < -0.4 is 4.74 Å². The van der Waals surface area contributed by atoms with Crippen LogP contribution in [-0.4, -0.2) is 26.6 Å². The van der Waals surface area contributed by atoms with E-state index in [9.17, 15) is 9.90 Å². The molecule has 6 nitrogen and oxygen atoms in total. The van der Waals surface area contributed by atoms with Crippen LogP contribution in [-0.2, 0) is 15.1 Å². The molecule has 0 spiro atoms. The van der Waals surface area contributed by atoms with Crippen molar-refractivity contribution in [3.8, 4) is 5.75 Å². The zero-order valence-electron chi connectivity index (χ0n) is 18.3. The summed E-state index contributed by atoms with van der Waals surface area (Å²) >= 11 is 0. The number of esters is 1. The molecule has 3 heterocycles. The highest BCUT2D eigenvalue weighted by molar-refractivity contribution is 5.76. The molecular weight excluding hydrogens is 380 g/mol. The second-order valence-electron chi connectivity index (χ2n) is 9.21. The standard InChI is InChI=1S/C24H28N2O4/c1-14-15(2)26-13-12-17-19(21(26)25-14)29-18(16-10-8-7-9-11-16)20(24(17,6)28)30-22(27)23(3,4)5/h7-13,18,20,28H,1-6H3/t18-,20-,24+/m1/s1. The van der Waals surface area contributed by atoms with Crippen LogP contribution in [0.3, 0.4) is 0 Å². The van der Waals surface area contributed by atoms with Crippen molar-refractivity contribution in [3.63, 3.8) is 0 Å². The van der Waals surface area contributed by atoms with Crippen LogP contribution in [0, 0.1) is 19.3 Å². The topological polar surface area (TPSA) is 73.1 Å². The van der Waals surface area contributed by atoms with E-state index < -0.39 is 29.2 Å². The average Bonchev–Trinajstić information content (AvgIpc) is 2.98. The van der Waals surface area contributed by atoms with E-state index in [-0.39, 0.29) is 0 Å². The number of carbonyl (C=O) groups excluding carboxylic acids is 1. The molecule has 1 aliphatic rings. The zero-order valence-corrected chi connectivity index (χ0v) is 18.3. The maximum absolute atomic E-state index is 12.8. The molecule has 1 aliphatic heterocycles. The van der Waals surface area contributed by atoms with Crippen molar-refractivity contribution >= 4 is 11.6 Å². The smallest absolute Gasteiger partial charge is 0.311 e. The number of hydrogen-bond donors (Lipinski definition) is 1. The number of rotatable bonds is 2. The van der Waals surface area contributed by atoms with E-state index in [1.165, 1.54) is 0 Å². The lowest BCUT2D eigenvalue weighted by molar-refractivity contribution is -0.192. The molecule has 158 valence electrons. The molecule has 6 heteroatoms. The molecule has 3 atom stereocenters. The van der Waals surface area contributed by atoms with Gasteiger partial charge in [-0.3, -0.25) is 4.79 Å². The van der Waals surface area contributed by atoms with E-state index in [0.717, 1.165) is 17.0 Å². The van der Waals surface area contributed by atoms with Gasteiger partial charge in [0, 0.05) is 17.5 Å². The van der Waals surface area contributed by atoms with Gasteiger partial charge >= 0.3 is 5.97 Å². The summed E-state index contributed by atoms with van der Waals surface area (Å²) in [6, 6.07) is 11.3. The molecule has 0 saturated carbocycles. The largest absolute Gasteiger partial charge is 0.477 e. The van der Waals surface area contributed by atoms with Gasteiger partial charge in [0.15, 0.2) is 23.6 Å². The van der Waals surface area contributed by atoms with Crippen LogP contribution >= 0.6 is 0 Å². The van der Waals surface area contributed by atoms with Crippen molar-refractivity contribution in [2.75, 3.05) is 0 Å². The van der Waals surface area contributed by atoms with Crippen LogP contribution in [0.4, 0.5) is 0 Å². The minimum absolute atomic E-state index is 0.394. The van der Waals surface area contributed by atoms with Crippen LogP contribution in [0.2, 0.25) is 0 Å². The maximum atomic E-state index is 12.8. The number of hydrogen-bond acceptors (Lipinski definition) is 5. The average molecular weight is 408 g/mol. The Morgan fingerprint density at radius 2 is 1.87 bits per heavy atom. The third-order valence-electron chi connectivity index (χ3n) is 5.82. The highest BCUT2D eigenvalue weighted by Gasteiger charge is 2.51. The number of aliphatic hydroxyl groups is 1. The van der Waals surface area contributed by atoms with Gasteiger partial charge in [-0.2, -0.15) is 0 Å². The first kappa shape index (κ1) is 20.4. The quantitative estimate of drug-likeness (QED) is 0.642. The lowest BCUT2D eigenvalue weighted by Gasteiger charge is -2.43. The van der Waals surface area contributed by atoms with Gasteiger partial charge in [0.05, 0.1) is 11.1 Å². The van der Waals surface area contributed by atoms with E-state index >= 15 is 0 Å². The van der Waals surface area contributed by atoms with Gasteiger partial charge < -0.3 is 19.0 Å². The predicted octanol–water partition coefficient (Wildman–Crippen LogP) is 4.25. The summed E-state index contributed by atoms with van der Waals surface area (Å²) in [6.45, 7) is 11.0. The molecule has 30 heavy (non-hydrogen) atoms. The first-order chi connectivity index (χ1) is 14.0. The Hall–Kier alpha value is -2.86. The Morgan fingerprint density at radius 1 is 1.20 bits per heavy atom. The summed E-state index contributed by atoms with van der Waals surface area (Å²) in [5, 5.41) is 11.7. The Balaban J connectivity index is 1.91. The number of pyridine rings is 1. The number of fused-ring (bicyclic) bond motifs is 3. The highest BCUT2D eigenvalue weighted by atomic mass is 16.6. The fraction of sp³-hybridized carbons (Fsp3) is 0.417. The molecule has 0 aliphatic carbocycles. The number of benzene rings is 1. The van der Waals surface area contributed by atoms with Gasteiger partial charge in [0.2, 0.25) is 0 Å². The second-order valence-corrected chi connectivity index (χ2v) is 9.21. The van der Waals surface area contributed by atoms with Crippen molar-refractivity contribution in [2.45, 2.75) is 59.4 Å². The fourth-order valence-corrected chi connectivity index (χ4v) is 3.82. The van der Waals surface area contributed by atoms with Crippen molar-refractivity contribution < 1.29 is 19.4 Å². The third-order valence-corrected chi connectivity index (χ3v) is 5.82. The second kappa shape index (κ2) is 6.84. The SMILES string of the molecule is Cc1nc2c3c(ccn2c1C)[C@](C)(O)[C@H](OC(=O)C(C)(C)C)[C@@H](c1ccccc1)O3. The number of aryl methyl sites for hydroxylation is 2. The monoisotopic (exact) mass is 408 g/mol. The van der Waals surface area contributed by atoms with Crippen molar-refractivity contribution in [1.82, 2.24) is 9.38 Å². The van der Waals surface area contributed by atoms with Crippen LogP contribution in [0.5, 0.6) is 5.75 Å². The number of nitrogens with zero attached hydrogens (tertiary/aromatic N) is 2. The van der Waals surface area contributed by atoms with Crippen LogP contribution in [0.1, 0.15) is 56.3 Å². The molecule has 0 saturated heterocycles. The number of ether oxygens (including phenoxy) is 2. The highest BCUT2D eigenvalue weighted by Crippen LogP contribution is 2.48. The molecule has 1 aromatic carbocycles. The predicted molar refractivity (Wildman–Crippen MR) is 113 cm³/mol. The van der Waals surface area contributed by atoms with E-state index in [1.54, 1.807) is 27.7 Å². The number of imidazole rings is 1. The Labute approximate surface area is 176 Å². The molecule has 0 unspecified atom stereocenters. The van der Waals surface area contributed by atoms with Crippen molar-refractivity contribution in [2.24, 2.45) is 5.41 Å². The molecule has 0 radical (unpaired) electrons. The molecule has 3 aromatic rings. The van der Waals surface area contributed by atoms with Gasteiger partial charge in [-0.1, -0.05) is 30.3 Å². The molecule has 2 aromatic heterocycles. The third kappa shape index (κ3) is 3.16. The minimum Gasteiger partial charge on any atom is -0.477 e. The summed E-state index contributed by atoms with van der Waals surface area (Å²) in [5.41, 5.74) is 1.74. The number of carbonyl (C=O) groups is 1. The molecule has 0 amide bonds. The lowest BCUT2D eigenvalue weighted by atomic mass is 9.82. The van der Waals surface area contributed by atoms with Crippen LogP contribution in [0.15, 0.2) is 42.6 Å². The summed E-state index contributed by atoms with van der Waals surface area (Å²) < 4.78 is 14.3. The van der Waals surface area contributed by atoms with Crippen molar-refractivity contribution in [3.05, 3.63) is 65.1 Å².